The SMILES string of the molecule is CCO[Si](OCC)(OC(C)C(CC)C(=O)O)c1ccccc1. The molecule has 0 saturated heterocycles. The third kappa shape index (κ3) is 4.64. The van der Waals surface area contributed by atoms with Crippen molar-refractivity contribution in [2.45, 2.75) is 40.2 Å². The zero-order chi connectivity index (χ0) is 16.6. The third-order valence-corrected chi connectivity index (χ3v) is 6.52. The van der Waals surface area contributed by atoms with E-state index < -0.39 is 26.8 Å². The van der Waals surface area contributed by atoms with Gasteiger partial charge in [0.25, 0.3) is 0 Å². The fraction of sp³-hybridized carbons (Fsp3) is 0.562. The minimum absolute atomic E-state index is 0.442. The van der Waals surface area contributed by atoms with Crippen LogP contribution >= 0.6 is 0 Å². The van der Waals surface area contributed by atoms with E-state index in [-0.39, 0.29) is 0 Å². The van der Waals surface area contributed by atoms with Gasteiger partial charge in [-0.3, -0.25) is 4.79 Å². The fourth-order valence-corrected chi connectivity index (χ4v) is 5.10. The van der Waals surface area contributed by atoms with Gasteiger partial charge >= 0.3 is 14.8 Å². The first-order valence-electron chi connectivity index (χ1n) is 7.74. The van der Waals surface area contributed by atoms with Gasteiger partial charge in [-0.05, 0) is 27.2 Å². The van der Waals surface area contributed by atoms with Gasteiger partial charge < -0.3 is 18.4 Å². The van der Waals surface area contributed by atoms with Gasteiger partial charge in [-0.1, -0.05) is 37.3 Å². The average Bonchev–Trinajstić information content (AvgIpc) is 2.48. The van der Waals surface area contributed by atoms with Gasteiger partial charge in [-0.2, -0.15) is 0 Å². The van der Waals surface area contributed by atoms with Crippen LogP contribution in [0.5, 0.6) is 0 Å². The summed E-state index contributed by atoms with van der Waals surface area (Å²) in [5.74, 6) is -1.45. The molecule has 1 aromatic carbocycles. The van der Waals surface area contributed by atoms with Crippen LogP contribution in [0.15, 0.2) is 30.3 Å². The van der Waals surface area contributed by atoms with Crippen molar-refractivity contribution in [3.05, 3.63) is 30.3 Å². The maximum absolute atomic E-state index is 11.4. The van der Waals surface area contributed by atoms with E-state index in [4.69, 9.17) is 13.3 Å². The molecule has 1 aromatic rings. The Hall–Kier alpha value is -1.21. The van der Waals surface area contributed by atoms with Crippen molar-refractivity contribution in [1.29, 1.82) is 0 Å². The summed E-state index contributed by atoms with van der Waals surface area (Å²) in [5, 5.41) is 10.2. The minimum atomic E-state index is -3.12. The van der Waals surface area contributed by atoms with E-state index in [0.29, 0.717) is 19.6 Å². The molecule has 0 radical (unpaired) electrons. The van der Waals surface area contributed by atoms with Gasteiger partial charge in [0.1, 0.15) is 0 Å². The molecule has 0 amide bonds. The molecule has 0 aliphatic carbocycles. The van der Waals surface area contributed by atoms with Gasteiger partial charge in [0.15, 0.2) is 0 Å². The first-order valence-corrected chi connectivity index (χ1v) is 9.47. The number of carbonyl (C=O) groups is 1. The van der Waals surface area contributed by atoms with E-state index in [1.807, 2.05) is 51.1 Å². The molecule has 0 fully saturated rings. The number of aliphatic carboxylic acids is 1. The largest absolute Gasteiger partial charge is 0.537 e. The lowest BCUT2D eigenvalue weighted by atomic mass is 10.0. The monoisotopic (exact) mass is 326 g/mol. The first-order chi connectivity index (χ1) is 10.5. The summed E-state index contributed by atoms with van der Waals surface area (Å²) in [4.78, 5) is 11.4. The number of carboxylic acid groups (broad SMARTS) is 1. The maximum Gasteiger partial charge on any atom is 0.537 e. The van der Waals surface area contributed by atoms with E-state index >= 15 is 0 Å². The van der Waals surface area contributed by atoms with Crippen LogP contribution in [-0.2, 0) is 18.1 Å². The molecule has 5 nitrogen and oxygen atoms in total. The molecular weight excluding hydrogens is 300 g/mol. The van der Waals surface area contributed by atoms with Crippen LogP contribution in [0.2, 0.25) is 0 Å². The number of rotatable bonds is 10. The van der Waals surface area contributed by atoms with Crippen molar-refractivity contribution in [2.24, 2.45) is 5.92 Å². The Kier molecular flexibility index (Phi) is 7.74. The zero-order valence-electron chi connectivity index (χ0n) is 13.7. The van der Waals surface area contributed by atoms with Crippen LogP contribution in [0, 0.1) is 5.92 Å². The predicted molar refractivity (Wildman–Crippen MR) is 87.0 cm³/mol. The Morgan fingerprint density at radius 2 is 1.68 bits per heavy atom. The number of hydrogen-bond acceptors (Lipinski definition) is 4. The standard InChI is InChI=1S/C16H26O5Si/c1-5-15(16(17)18)13(4)21-22(19-6-2,20-7-3)14-11-9-8-10-12-14/h8-13,15H,5-7H2,1-4H3,(H,17,18). The van der Waals surface area contributed by atoms with Gasteiger partial charge in [-0.15, -0.1) is 0 Å². The van der Waals surface area contributed by atoms with Gasteiger partial charge in [0.2, 0.25) is 0 Å². The third-order valence-electron chi connectivity index (χ3n) is 3.46. The number of benzene rings is 1. The Labute approximate surface area is 133 Å². The second-order valence-electron chi connectivity index (χ2n) is 4.96. The number of carboxylic acids is 1. The Morgan fingerprint density at radius 3 is 2.09 bits per heavy atom. The molecule has 1 N–H and O–H groups in total. The van der Waals surface area contributed by atoms with Crippen molar-refractivity contribution < 1.29 is 23.2 Å². The van der Waals surface area contributed by atoms with Crippen molar-refractivity contribution in [3.63, 3.8) is 0 Å². The normalized spacial score (nSPS) is 14.5. The Balaban J connectivity index is 3.11. The van der Waals surface area contributed by atoms with Crippen LogP contribution in [0.25, 0.3) is 0 Å². The molecule has 0 spiro atoms. The molecule has 2 atom stereocenters. The van der Waals surface area contributed by atoms with Crippen LogP contribution < -0.4 is 5.19 Å². The lowest BCUT2D eigenvalue weighted by molar-refractivity contribution is -0.145. The highest BCUT2D eigenvalue weighted by molar-refractivity contribution is 6.75. The highest BCUT2D eigenvalue weighted by Gasteiger charge is 2.46. The first kappa shape index (κ1) is 18.8. The van der Waals surface area contributed by atoms with Gasteiger partial charge in [0, 0.05) is 18.4 Å². The molecule has 0 aliphatic heterocycles. The molecule has 2 unspecified atom stereocenters. The van der Waals surface area contributed by atoms with E-state index in [1.165, 1.54) is 0 Å². The zero-order valence-corrected chi connectivity index (χ0v) is 14.7. The average molecular weight is 326 g/mol. The molecule has 0 heterocycles. The minimum Gasteiger partial charge on any atom is -0.481 e. The fourth-order valence-electron chi connectivity index (χ4n) is 2.40. The van der Waals surface area contributed by atoms with Crippen molar-refractivity contribution in [1.82, 2.24) is 0 Å². The summed E-state index contributed by atoms with van der Waals surface area (Å²) in [6, 6.07) is 9.53. The smallest absolute Gasteiger partial charge is 0.481 e. The molecule has 6 heteroatoms. The molecular formula is C16H26O5Si. The molecule has 1 rings (SSSR count). The molecule has 0 aromatic heterocycles. The van der Waals surface area contributed by atoms with Crippen LogP contribution in [0.4, 0.5) is 0 Å². The summed E-state index contributed by atoms with van der Waals surface area (Å²) in [7, 11) is -3.12. The molecule has 0 aliphatic rings. The molecule has 0 saturated carbocycles. The van der Waals surface area contributed by atoms with Crippen LogP contribution in [-0.4, -0.2) is 39.2 Å². The summed E-state index contributed by atoms with van der Waals surface area (Å²) in [5.41, 5.74) is 0. The van der Waals surface area contributed by atoms with Crippen LogP contribution in [0.1, 0.15) is 34.1 Å². The van der Waals surface area contributed by atoms with Crippen molar-refractivity contribution >= 4 is 20.0 Å². The van der Waals surface area contributed by atoms with E-state index in [2.05, 4.69) is 0 Å². The Morgan fingerprint density at radius 1 is 1.14 bits per heavy atom. The quantitative estimate of drug-likeness (QED) is 0.669. The summed E-state index contributed by atoms with van der Waals surface area (Å²) >= 11 is 0. The summed E-state index contributed by atoms with van der Waals surface area (Å²) in [6.45, 7) is 8.25. The van der Waals surface area contributed by atoms with E-state index in [0.717, 1.165) is 5.19 Å². The van der Waals surface area contributed by atoms with Crippen molar-refractivity contribution in [3.8, 4) is 0 Å². The summed E-state index contributed by atoms with van der Waals surface area (Å²) in [6.07, 6.45) is 0.000986. The second-order valence-corrected chi connectivity index (χ2v) is 7.47. The highest BCUT2D eigenvalue weighted by Crippen LogP contribution is 2.20. The molecule has 0 bridgehead atoms. The predicted octanol–water partition coefficient (Wildman–Crippen LogP) is 2.42. The second kappa shape index (κ2) is 9.04. The summed E-state index contributed by atoms with van der Waals surface area (Å²) < 4.78 is 17.9. The van der Waals surface area contributed by atoms with E-state index in [9.17, 15) is 9.90 Å². The lowest BCUT2D eigenvalue weighted by Crippen LogP contribution is -2.59. The Bertz CT molecular complexity index is 445. The molecule has 22 heavy (non-hydrogen) atoms. The number of hydrogen-bond donors (Lipinski definition) is 1. The van der Waals surface area contributed by atoms with Gasteiger partial charge in [-0.25, -0.2) is 0 Å². The molecule has 124 valence electrons. The maximum atomic E-state index is 11.4. The van der Waals surface area contributed by atoms with Crippen LogP contribution in [0.3, 0.4) is 0 Å². The van der Waals surface area contributed by atoms with E-state index in [1.54, 1.807) is 6.92 Å². The highest BCUT2D eigenvalue weighted by atomic mass is 28.4. The van der Waals surface area contributed by atoms with Crippen molar-refractivity contribution in [2.75, 3.05) is 13.2 Å². The lowest BCUT2D eigenvalue weighted by Gasteiger charge is -2.33. The topological polar surface area (TPSA) is 65.0 Å². The van der Waals surface area contributed by atoms with Gasteiger partial charge in [0.05, 0.1) is 12.0 Å².